The molecular formula is C18H32N4O3S. The van der Waals surface area contributed by atoms with Crippen molar-refractivity contribution in [3.63, 3.8) is 0 Å². The van der Waals surface area contributed by atoms with Crippen LogP contribution < -0.4 is 15.4 Å². The minimum atomic E-state index is -3.12. The second-order valence-electron chi connectivity index (χ2n) is 6.20. The number of rotatable bonds is 10. The van der Waals surface area contributed by atoms with Crippen LogP contribution in [0.5, 0.6) is 5.75 Å². The summed E-state index contributed by atoms with van der Waals surface area (Å²) in [5.41, 5.74) is 1.16. The van der Waals surface area contributed by atoms with Gasteiger partial charge in [0.2, 0.25) is 10.0 Å². The van der Waals surface area contributed by atoms with Gasteiger partial charge in [-0.15, -0.1) is 0 Å². The second-order valence-corrected chi connectivity index (χ2v) is 8.57. The van der Waals surface area contributed by atoms with Gasteiger partial charge in [-0.3, -0.25) is 4.99 Å². The van der Waals surface area contributed by atoms with Gasteiger partial charge in [0.25, 0.3) is 0 Å². The fourth-order valence-corrected chi connectivity index (χ4v) is 3.14. The van der Waals surface area contributed by atoms with Crippen LogP contribution in [0.1, 0.15) is 25.8 Å². The Morgan fingerprint density at radius 3 is 2.69 bits per heavy atom. The molecule has 0 saturated carbocycles. The molecule has 1 unspecified atom stereocenters. The van der Waals surface area contributed by atoms with Crippen molar-refractivity contribution in [1.29, 1.82) is 0 Å². The molecule has 0 amide bonds. The Balaban J connectivity index is 2.30. The highest BCUT2D eigenvalue weighted by Crippen LogP contribution is 2.13. The van der Waals surface area contributed by atoms with Crippen molar-refractivity contribution < 1.29 is 13.2 Å². The highest BCUT2D eigenvalue weighted by Gasteiger charge is 2.14. The number of hydrogen-bond acceptors (Lipinski definition) is 4. The summed E-state index contributed by atoms with van der Waals surface area (Å²) in [5, 5.41) is 6.40. The molecule has 1 aromatic rings. The molecule has 148 valence electrons. The van der Waals surface area contributed by atoms with Gasteiger partial charge in [0, 0.05) is 27.2 Å². The first-order valence-corrected chi connectivity index (χ1v) is 10.5. The number of benzene rings is 1. The molecule has 0 aromatic heterocycles. The second kappa shape index (κ2) is 11.0. The molecule has 8 heteroatoms. The Morgan fingerprint density at radius 2 is 2.08 bits per heavy atom. The fourth-order valence-electron chi connectivity index (χ4n) is 2.29. The van der Waals surface area contributed by atoms with Gasteiger partial charge in [-0.2, -0.15) is 0 Å². The van der Waals surface area contributed by atoms with Gasteiger partial charge >= 0.3 is 0 Å². The molecule has 0 saturated heterocycles. The molecule has 1 atom stereocenters. The number of aliphatic imine (C=N–C) groups is 1. The Hall–Kier alpha value is -1.80. The molecule has 7 nitrogen and oxygen atoms in total. The zero-order chi connectivity index (χ0) is 19.6. The van der Waals surface area contributed by atoms with Crippen molar-refractivity contribution in [3.8, 4) is 5.75 Å². The van der Waals surface area contributed by atoms with Crippen molar-refractivity contribution in [2.24, 2.45) is 4.99 Å². The van der Waals surface area contributed by atoms with E-state index in [2.05, 4.69) is 15.6 Å². The van der Waals surface area contributed by atoms with Gasteiger partial charge in [0.05, 0.1) is 12.3 Å². The SMILES string of the molecule is CCS(=O)(=O)N(C)CCCNC(=NC)NCC(C)Oc1cccc(C)c1. The third-order valence-electron chi connectivity index (χ3n) is 3.89. The van der Waals surface area contributed by atoms with Crippen LogP contribution in [0.4, 0.5) is 0 Å². The van der Waals surface area contributed by atoms with Gasteiger partial charge in [-0.1, -0.05) is 12.1 Å². The van der Waals surface area contributed by atoms with Gasteiger partial charge in [0.15, 0.2) is 5.96 Å². The van der Waals surface area contributed by atoms with Gasteiger partial charge in [-0.05, 0) is 44.9 Å². The van der Waals surface area contributed by atoms with Crippen LogP contribution in [0.15, 0.2) is 29.3 Å². The first-order chi connectivity index (χ1) is 12.3. The van der Waals surface area contributed by atoms with Crippen LogP contribution >= 0.6 is 0 Å². The highest BCUT2D eigenvalue weighted by atomic mass is 32.2. The van der Waals surface area contributed by atoms with Crippen molar-refractivity contribution >= 4 is 16.0 Å². The number of nitrogens with zero attached hydrogens (tertiary/aromatic N) is 2. The first-order valence-electron chi connectivity index (χ1n) is 8.90. The lowest BCUT2D eigenvalue weighted by molar-refractivity contribution is 0.223. The van der Waals surface area contributed by atoms with E-state index in [4.69, 9.17) is 4.74 Å². The minimum absolute atomic E-state index is 0.0174. The summed E-state index contributed by atoms with van der Waals surface area (Å²) >= 11 is 0. The summed E-state index contributed by atoms with van der Waals surface area (Å²) in [7, 11) is 0.195. The van der Waals surface area contributed by atoms with Crippen LogP contribution in [0.3, 0.4) is 0 Å². The van der Waals surface area contributed by atoms with Crippen molar-refractivity contribution in [3.05, 3.63) is 29.8 Å². The predicted octanol–water partition coefficient (Wildman–Crippen LogP) is 1.60. The number of nitrogens with one attached hydrogen (secondary N) is 2. The van der Waals surface area contributed by atoms with E-state index in [1.54, 1.807) is 21.0 Å². The molecule has 26 heavy (non-hydrogen) atoms. The van der Waals surface area contributed by atoms with Crippen LogP contribution in [-0.4, -0.2) is 64.3 Å². The van der Waals surface area contributed by atoms with E-state index < -0.39 is 10.0 Å². The molecule has 0 aliphatic rings. The van der Waals surface area contributed by atoms with E-state index in [0.29, 0.717) is 32.0 Å². The topological polar surface area (TPSA) is 83.0 Å². The quantitative estimate of drug-likeness (QED) is 0.364. The molecule has 1 aromatic carbocycles. The van der Waals surface area contributed by atoms with Crippen LogP contribution in [-0.2, 0) is 10.0 Å². The number of aryl methyl sites for hydroxylation is 1. The van der Waals surface area contributed by atoms with Gasteiger partial charge in [-0.25, -0.2) is 12.7 Å². The summed E-state index contributed by atoms with van der Waals surface area (Å²) < 4.78 is 30.6. The Morgan fingerprint density at radius 1 is 1.35 bits per heavy atom. The standard InChI is InChI=1S/C18H32N4O3S/c1-6-26(23,24)22(5)12-8-11-20-18(19-4)21-14-16(3)25-17-10-7-9-15(2)13-17/h7,9-10,13,16H,6,8,11-12,14H2,1-5H3,(H2,19,20,21). The van der Waals surface area contributed by atoms with Crippen molar-refractivity contribution in [2.45, 2.75) is 33.3 Å². The molecule has 0 heterocycles. The van der Waals surface area contributed by atoms with Crippen LogP contribution in [0, 0.1) is 6.92 Å². The lowest BCUT2D eigenvalue weighted by Crippen LogP contribution is -2.42. The number of sulfonamides is 1. The van der Waals surface area contributed by atoms with E-state index in [-0.39, 0.29) is 11.9 Å². The Kier molecular flexibility index (Phi) is 9.43. The molecule has 0 spiro atoms. The lowest BCUT2D eigenvalue weighted by Gasteiger charge is -2.19. The number of guanidine groups is 1. The summed E-state index contributed by atoms with van der Waals surface area (Å²) in [6.07, 6.45) is 0.683. The molecular weight excluding hydrogens is 352 g/mol. The van der Waals surface area contributed by atoms with Crippen molar-refractivity contribution in [2.75, 3.05) is 39.5 Å². The average Bonchev–Trinajstić information content (AvgIpc) is 2.60. The summed E-state index contributed by atoms with van der Waals surface area (Å²) in [4.78, 5) is 4.17. The normalized spacial score (nSPS) is 13.5. The van der Waals surface area contributed by atoms with Gasteiger partial charge < -0.3 is 15.4 Å². The van der Waals surface area contributed by atoms with E-state index in [9.17, 15) is 8.42 Å². The lowest BCUT2D eigenvalue weighted by atomic mass is 10.2. The monoisotopic (exact) mass is 384 g/mol. The fraction of sp³-hybridized carbons (Fsp3) is 0.611. The molecule has 0 aliphatic heterocycles. The van der Waals surface area contributed by atoms with Crippen molar-refractivity contribution in [1.82, 2.24) is 14.9 Å². The third-order valence-corrected chi connectivity index (χ3v) is 5.75. The van der Waals surface area contributed by atoms with Crippen LogP contribution in [0.25, 0.3) is 0 Å². The Bertz CT molecular complexity index is 677. The smallest absolute Gasteiger partial charge is 0.213 e. The van der Waals surface area contributed by atoms with E-state index in [1.165, 1.54) is 4.31 Å². The maximum atomic E-state index is 11.7. The van der Waals surface area contributed by atoms with E-state index >= 15 is 0 Å². The minimum Gasteiger partial charge on any atom is -0.489 e. The molecule has 0 fully saturated rings. The Labute approximate surface area is 157 Å². The predicted molar refractivity (Wildman–Crippen MR) is 107 cm³/mol. The number of hydrogen-bond donors (Lipinski definition) is 2. The van der Waals surface area contributed by atoms with Gasteiger partial charge in [0.1, 0.15) is 11.9 Å². The third kappa shape index (κ3) is 8.05. The first kappa shape index (κ1) is 22.2. The molecule has 0 bridgehead atoms. The largest absolute Gasteiger partial charge is 0.489 e. The zero-order valence-corrected chi connectivity index (χ0v) is 17.3. The summed E-state index contributed by atoms with van der Waals surface area (Å²) in [6, 6.07) is 7.95. The summed E-state index contributed by atoms with van der Waals surface area (Å²) in [6.45, 7) is 7.40. The molecule has 0 radical (unpaired) electrons. The molecule has 0 aliphatic carbocycles. The maximum absolute atomic E-state index is 11.7. The van der Waals surface area contributed by atoms with E-state index in [0.717, 1.165) is 11.3 Å². The maximum Gasteiger partial charge on any atom is 0.213 e. The molecule has 1 rings (SSSR count). The zero-order valence-electron chi connectivity index (χ0n) is 16.4. The number of ether oxygens (including phenoxy) is 1. The molecule has 2 N–H and O–H groups in total. The van der Waals surface area contributed by atoms with E-state index in [1.807, 2.05) is 38.1 Å². The highest BCUT2D eigenvalue weighted by molar-refractivity contribution is 7.89. The average molecular weight is 385 g/mol. The summed E-state index contributed by atoms with van der Waals surface area (Å²) in [5.74, 6) is 1.65. The van der Waals surface area contributed by atoms with Crippen LogP contribution in [0.2, 0.25) is 0 Å².